The molecule has 1 aromatic heterocycles. The fraction of sp³-hybridized carbons (Fsp3) is 0.286. The summed E-state index contributed by atoms with van der Waals surface area (Å²) in [5.41, 5.74) is 3.65. The Labute approximate surface area is 165 Å². The maximum absolute atomic E-state index is 13.3. The smallest absolute Gasteiger partial charge is 0.243 e. The van der Waals surface area contributed by atoms with Crippen molar-refractivity contribution in [2.45, 2.75) is 31.7 Å². The van der Waals surface area contributed by atoms with Crippen molar-refractivity contribution < 1.29 is 12.8 Å². The topological polar surface area (TPSA) is 55.2 Å². The van der Waals surface area contributed by atoms with Crippen LogP contribution >= 0.6 is 0 Å². The SMILES string of the molecule is Cc1ccc(S(=O)(=O)N(CCc2ccc(F)cc2)Cc2ccnn2C)cc1C. The van der Waals surface area contributed by atoms with Gasteiger partial charge >= 0.3 is 0 Å². The summed E-state index contributed by atoms with van der Waals surface area (Å²) in [6.07, 6.45) is 2.14. The Balaban J connectivity index is 1.90. The van der Waals surface area contributed by atoms with Gasteiger partial charge in [0.15, 0.2) is 0 Å². The third-order valence-corrected chi connectivity index (χ3v) is 6.78. The molecular formula is C21H24FN3O2S. The fourth-order valence-corrected chi connectivity index (χ4v) is 4.45. The summed E-state index contributed by atoms with van der Waals surface area (Å²) in [5.74, 6) is -0.307. The second-order valence-corrected chi connectivity index (χ2v) is 8.85. The van der Waals surface area contributed by atoms with Gasteiger partial charge in [0, 0.05) is 19.8 Å². The second-order valence-electron chi connectivity index (χ2n) is 6.91. The lowest BCUT2D eigenvalue weighted by Crippen LogP contribution is -2.33. The van der Waals surface area contributed by atoms with Crippen molar-refractivity contribution in [1.82, 2.24) is 14.1 Å². The van der Waals surface area contributed by atoms with Crippen LogP contribution in [0.3, 0.4) is 0 Å². The van der Waals surface area contributed by atoms with Crippen molar-refractivity contribution in [3.63, 3.8) is 0 Å². The first-order valence-electron chi connectivity index (χ1n) is 9.06. The minimum absolute atomic E-state index is 0.215. The number of benzene rings is 2. The highest BCUT2D eigenvalue weighted by Crippen LogP contribution is 2.21. The van der Waals surface area contributed by atoms with Gasteiger partial charge in [-0.15, -0.1) is 0 Å². The maximum Gasteiger partial charge on any atom is 0.243 e. The molecule has 0 aliphatic rings. The summed E-state index contributed by atoms with van der Waals surface area (Å²) in [5, 5.41) is 4.13. The molecule has 3 aromatic rings. The lowest BCUT2D eigenvalue weighted by atomic mass is 10.1. The largest absolute Gasteiger partial charge is 0.271 e. The van der Waals surface area contributed by atoms with Crippen molar-refractivity contribution >= 4 is 10.0 Å². The molecule has 148 valence electrons. The zero-order valence-electron chi connectivity index (χ0n) is 16.3. The summed E-state index contributed by atoms with van der Waals surface area (Å²) < 4.78 is 43.0. The first kappa shape index (κ1) is 20.2. The van der Waals surface area contributed by atoms with Crippen molar-refractivity contribution in [3.05, 3.63) is 82.9 Å². The normalized spacial score (nSPS) is 11.9. The van der Waals surface area contributed by atoms with Gasteiger partial charge in [-0.05, 0) is 67.3 Å². The zero-order valence-corrected chi connectivity index (χ0v) is 17.1. The molecule has 0 radical (unpaired) electrons. The zero-order chi connectivity index (χ0) is 20.3. The van der Waals surface area contributed by atoms with E-state index >= 15 is 0 Å². The molecule has 0 spiro atoms. The lowest BCUT2D eigenvalue weighted by Gasteiger charge is -2.23. The van der Waals surface area contributed by atoms with Crippen LogP contribution < -0.4 is 0 Å². The standard InChI is InChI=1S/C21H24FN3O2S/c1-16-4-9-21(14-17(16)2)28(26,27)25(15-20-10-12-23-24(20)3)13-11-18-5-7-19(22)8-6-18/h4-10,12,14H,11,13,15H2,1-3H3. The first-order chi connectivity index (χ1) is 13.3. The van der Waals surface area contributed by atoms with E-state index in [4.69, 9.17) is 0 Å². The van der Waals surface area contributed by atoms with Crippen LogP contribution in [0.4, 0.5) is 4.39 Å². The van der Waals surface area contributed by atoms with Gasteiger partial charge in [0.05, 0.1) is 17.1 Å². The summed E-state index contributed by atoms with van der Waals surface area (Å²) in [6, 6.07) is 13.1. The molecule has 0 aliphatic heterocycles. The summed E-state index contributed by atoms with van der Waals surface area (Å²) in [4.78, 5) is 0.275. The minimum Gasteiger partial charge on any atom is -0.271 e. The van der Waals surface area contributed by atoms with Crippen molar-refractivity contribution in [3.8, 4) is 0 Å². The molecule has 0 fully saturated rings. The second kappa shape index (κ2) is 8.24. The Morgan fingerprint density at radius 3 is 2.36 bits per heavy atom. The van der Waals surface area contributed by atoms with Gasteiger partial charge in [-0.25, -0.2) is 12.8 Å². The third-order valence-electron chi connectivity index (χ3n) is 4.94. The average molecular weight is 402 g/mol. The number of rotatable bonds is 7. The van der Waals surface area contributed by atoms with Gasteiger partial charge in [-0.2, -0.15) is 9.40 Å². The van der Waals surface area contributed by atoms with E-state index in [1.807, 2.05) is 19.9 Å². The maximum atomic E-state index is 13.3. The number of aryl methyl sites for hydroxylation is 3. The quantitative estimate of drug-likeness (QED) is 0.608. The number of hydrogen-bond donors (Lipinski definition) is 0. The lowest BCUT2D eigenvalue weighted by molar-refractivity contribution is 0.398. The molecule has 28 heavy (non-hydrogen) atoms. The number of sulfonamides is 1. The highest BCUT2D eigenvalue weighted by Gasteiger charge is 2.25. The van der Waals surface area contributed by atoms with Crippen LogP contribution in [0.5, 0.6) is 0 Å². The van der Waals surface area contributed by atoms with E-state index in [1.165, 1.54) is 16.4 Å². The number of aromatic nitrogens is 2. The molecule has 0 amide bonds. The molecule has 0 atom stereocenters. The average Bonchev–Trinajstić information content (AvgIpc) is 3.06. The molecular weight excluding hydrogens is 377 g/mol. The van der Waals surface area contributed by atoms with E-state index < -0.39 is 10.0 Å². The van der Waals surface area contributed by atoms with E-state index in [1.54, 1.807) is 48.3 Å². The van der Waals surface area contributed by atoms with Crippen LogP contribution in [0.15, 0.2) is 59.6 Å². The molecule has 5 nitrogen and oxygen atoms in total. The van der Waals surface area contributed by atoms with E-state index in [9.17, 15) is 12.8 Å². The predicted molar refractivity (Wildman–Crippen MR) is 107 cm³/mol. The molecule has 0 aliphatic carbocycles. The molecule has 0 unspecified atom stereocenters. The fourth-order valence-electron chi connectivity index (χ4n) is 2.95. The van der Waals surface area contributed by atoms with Crippen LogP contribution in [0.1, 0.15) is 22.4 Å². The van der Waals surface area contributed by atoms with Gasteiger partial charge in [-0.1, -0.05) is 18.2 Å². The van der Waals surface area contributed by atoms with E-state index in [-0.39, 0.29) is 23.8 Å². The molecule has 1 heterocycles. The Morgan fingerprint density at radius 1 is 1.04 bits per heavy atom. The van der Waals surface area contributed by atoms with Crippen LogP contribution in [0, 0.1) is 19.7 Å². The van der Waals surface area contributed by atoms with Gasteiger partial charge in [-0.3, -0.25) is 4.68 Å². The molecule has 0 saturated carbocycles. The van der Waals surface area contributed by atoms with Crippen molar-refractivity contribution in [2.24, 2.45) is 7.05 Å². The Kier molecular flexibility index (Phi) is 5.96. The van der Waals surface area contributed by atoms with Gasteiger partial charge < -0.3 is 0 Å². The van der Waals surface area contributed by atoms with Crippen LogP contribution in [0.25, 0.3) is 0 Å². The van der Waals surface area contributed by atoms with Crippen LogP contribution in [-0.2, 0) is 30.0 Å². The highest BCUT2D eigenvalue weighted by atomic mass is 32.2. The molecule has 7 heteroatoms. The minimum atomic E-state index is -3.69. The Morgan fingerprint density at radius 2 is 1.75 bits per heavy atom. The van der Waals surface area contributed by atoms with Crippen molar-refractivity contribution in [2.75, 3.05) is 6.54 Å². The van der Waals surface area contributed by atoms with E-state index in [2.05, 4.69) is 5.10 Å². The third kappa shape index (κ3) is 4.48. The Bertz CT molecular complexity index is 1060. The molecule has 0 bridgehead atoms. The summed E-state index contributed by atoms with van der Waals surface area (Å²) >= 11 is 0. The van der Waals surface area contributed by atoms with Crippen molar-refractivity contribution in [1.29, 1.82) is 0 Å². The number of nitrogens with zero attached hydrogens (tertiary/aromatic N) is 3. The van der Waals surface area contributed by atoms with Gasteiger partial charge in [0.1, 0.15) is 5.82 Å². The van der Waals surface area contributed by atoms with E-state index in [0.717, 1.165) is 22.4 Å². The molecule has 2 aromatic carbocycles. The number of hydrogen-bond acceptors (Lipinski definition) is 3. The Hall–Kier alpha value is -2.51. The van der Waals surface area contributed by atoms with Gasteiger partial charge in [0.2, 0.25) is 10.0 Å². The van der Waals surface area contributed by atoms with E-state index in [0.29, 0.717) is 6.42 Å². The van der Waals surface area contributed by atoms with Crippen LogP contribution in [-0.4, -0.2) is 29.0 Å². The molecule has 0 saturated heterocycles. The number of halogens is 1. The van der Waals surface area contributed by atoms with Crippen LogP contribution in [0.2, 0.25) is 0 Å². The summed E-state index contributed by atoms with van der Waals surface area (Å²) in [7, 11) is -1.91. The predicted octanol–water partition coefficient (Wildman–Crippen LogP) is 3.61. The first-order valence-corrected chi connectivity index (χ1v) is 10.5. The summed E-state index contributed by atoms with van der Waals surface area (Å²) in [6.45, 7) is 4.35. The monoisotopic (exact) mass is 401 g/mol. The highest BCUT2D eigenvalue weighted by molar-refractivity contribution is 7.89. The molecule has 3 rings (SSSR count). The molecule has 0 N–H and O–H groups in total. The van der Waals surface area contributed by atoms with Gasteiger partial charge in [0.25, 0.3) is 0 Å².